The first-order valence-electron chi connectivity index (χ1n) is 9.28. The third kappa shape index (κ3) is 5.30. The molecule has 6 heteroatoms. The second kappa shape index (κ2) is 9.50. The summed E-state index contributed by atoms with van der Waals surface area (Å²) in [7, 11) is 1.64. The van der Waals surface area contributed by atoms with Gasteiger partial charge in [-0.3, -0.25) is 4.79 Å². The normalized spacial score (nSPS) is 10.4. The van der Waals surface area contributed by atoms with E-state index in [1.54, 1.807) is 19.2 Å². The fourth-order valence-corrected chi connectivity index (χ4v) is 2.69. The average molecular weight is 376 g/mol. The first-order valence-corrected chi connectivity index (χ1v) is 9.28. The number of rotatable bonds is 8. The molecule has 28 heavy (non-hydrogen) atoms. The summed E-state index contributed by atoms with van der Waals surface area (Å²) >= 11 is 0. The zero-order valence-corrected chi connectivity index (χ0v) is 16.1. The van der Waals surface area contributed by atoms with Crippen LogP contribution in [0.4, 0.5) is 11.5 Å². The smallest absolute Gasteiger partial charge is 0.271 e. The molecule has 0 unspecified atom stereocenters. The van der Waals surface area contributed by atoms with Gasteiger partial charge in [0.2, 0.25) is 0 Å². The molecule has 0 radical (unpaired) electrons. The topological polar surface area (TPSA) is 76.1 Å². The summed E-state index contributed by atoms with van der Waals surface area (Å²) < 4.78 is 5.14. The van der Waals surface area contributed by atoms with Crippen molar-refractivity contribution in [3.05, 3.63) is 77.5 Å². The van der Waals surface area contributed by atoms with Crippen LogP contribution in [0.5, 0.6) is 5.75 Å². The van der Waals surface area contributed by atoms with Gasteiger partial charge in [0.05, 0.1) is 7.11 Å². The van der Waals surface area contributed by atoms with E-state index in [9.17, 15) is 4.79 Å². The summed E-state index contributed by atoms with van der Waals surface area (Å²) in [6.45, 7) is 2.64. The maximum atomic E-state index is 12.2. The van der Waals surface area contributed by atoms with Crippen LogP contribution in [-0.4, -0.2) is 29.8 Å². The van der Waals surface area contributed by atoms with Crippen LogP contribution in [0.15, 0.2) is 60.7 Å². The van der Waals surface area contributed by atoms with E-state index >= 15 is 0 Å². The van der Waals surface area contributed by atoms with Gasteiger partial charge < -0.3 is 15.4 Å². The maximum Gasteiger partial charge on any atom is 0.271 e. The van der Waals surface area contributed by atoms with Gasteiger partial charge in [-0.25, -0.2) is 0 Å². The van der Waals surface area contributed by atoms with Crippen LogP contribution in [-0.2, 0) is 12.8 Å². The number of amides is 1. The second-order valence-corrected chi connectivity index (χ2v) is 6.33. The van der Waals surface area contributed by atoms with E-state index in [1.807, 2.05) is 36.4 Å². The van der Waals surface area contributed by atoms with Crippen LogP contribution >= 0.6 is 0 Å². The molecule has 0 fully saturated rings. The molecule has 144 valence electrons. The summed E-state index contributed by atoms with van der Waals surface area (Å²) in [5, 5.41) is 14.1. The number of carbonyl (C=O) groups is 1. The molecule has 0 aliphatic carbocycles. The van der Waals surface area contributed by atoms with Gasteiger partial charge >= 0.3 is 0 Å². The molecule has 0 saturated carbocycles. The third-order valence-corrected chi connectivity index (χ3v) is 4.39. The van der Waals surface area contributed by atoms with Crippen molar-refractivity contribution in [2.45, 2.75) is 19.8 Å². The van der Waals surface area contributed by atoms with Crippen LogP contribution in [0.3, 0.4) is 0 Å². The Hall–Kier alpha value is -3.41. The summed E-state index contributed by atoms with van der Waals surface area (Å²) in [5.74, 6) is 1.18. The number of anilines is 2. The molecule has 1 heterocycles. The molecule has 0 spiro atoms. The second-order valence-electron chi connectivity index (χ2n) is 6.33. The van der Waals surface area contributed by atoms with Gasteiger partial charge in [-0.1, -0.05) is 31.2 Å². The largest absolute Gasteiger partial charge is 0.497 e. The fourth-order valence-electron chi connectivity index (χ4n) is 2.69. The lowest BCUT2D eigenvalue weighted by molar-refractivity contribution is 0.0948. The zero-order chi connectivity index (χ0) is 19.8. The Morgan fingerprint density at radius 1 is 0.929 bits per heavy atom. The SMILES string of the molecule is CCc1ccc(Nc2ccc(C(=O)NCCc3ccc(OC)cc3)nn2)cc1. The average Bonchev–Trinajstić information content (AvgIpc) is 2.75. The number of hydrogen-bond acceptors (Lipinski definition) is 5. The van der Waals surface area contributed by atoms with E-state index in [4.69, 9.17) is 4.74 Å². The highest BCUT2D eigenvalue weighted by Crippen LogP contribution is 2.15. The molecule has 3 rings (SSSR count). The van der Waals surface area contributed by atoms with Crippen LogP contribution in [0.25, 0.3) is 0 Å². The van der Waals surface area contributed by atoms with E-state index in [0.717, 1.165) is 29.8 Å². The molecular weight excluding hydrogens is 352 g/mol. The van der Waals surface area contributed by atoms with Crippen molar-refractivity contribution in [1.29, 1.82) is 0 Å². The Morgan fingerprint density at radius 3 is 2.25 bits per heavy atom. The minimum absolute atomic E-state index is 0.236. The number of nitrogens with zero attached hydrogens (tertiary/aromatic N) is 2. The van der Waals surface area contributed by atoms with Gasteiger partial charge in [0.1, 0.15) is 5.75 Å². The van der Waals surface area contributed by atoms with E-state index in [0.29, 0.717) is 18.1 Å². The predicted octanol–water partition coefficient (Wildman–Crippen LogP) is 3.76. The highest BCUT2D eigenvalue weighted by molar-refractivity contribution is 5.92. The van der Waals surface area contributed by atoms with E-state index < -0.39 is 0 Å². The van der Waals surface area contributed by atoms with Crippen LogP contribution in [0.2, 0.25) is 0 Å². The Morgan fingerprint density at radius 2 is 1.64 bits per heavy atom. The minimum atomic E-state index is -0.236. The number of methoxy groups -OCH3 is 1. The van der Waals surface area contributed by atoms with Gasteiger partial charge in [0.15, 0.2) is 11.5 Å². The van der Waals surface area contributed by atoms with E-state index in [1.165, 1.54) is 5.56 Å². The lowest BCUT2D eigenvalue weighted by atomic mass is 10.1. The van der Waals surface area contributed by atoms with Gasteiger partial charge in [-0.05, 0) is 60.4 Å². The quantitative estimate of drug-likeness (QED) is 0.626. The summed E-state index contributed by atoms with van der Waals surface area (Å²) in [6.07, 6.45) is 1.74. The Bertz CT molecular complexity index is 891. The van der Waals surface area contributed by atoms with Gasteiger partial charge in [-0.15, -0.1) is 10.2 Å². The number of nitrogens with one attached hydrogen (secondary N) is 2. The van der Waals surface area contributed by atoms with Gasteiger partial charge in [0, 0.05) is 12.2 Å². The van der Waals surface area contributed by atoms with Gasteiger partial charge in [-0.2, -0.15) is 0 Å². The van der Waals surface area contributed by atoms with Crippen LogP contribution in [0, 0.1) is 0 Å². The van der Waals surface area contributed by atoms with Crippen LogP contribution < -0.4 is 15.4 Å². The van der Waals surface area contributed by atoms with Crippen molar-refractivity contribution < 1.29 is 9.53 Å². The minimum Gasteiger partial charge on any atom is -0.497 e. The molecule has 0 saturated heterocycles. The monoisotopic (exact) mass is 376 g/mol. The maximum absolute atomic E-state index is 12.2. The van der Waals surface area contributed by atoms with Crippen molar-refractivity contribution in [3.63, 3.8) is 0 Å². The van der Waals surface area contributed by atoms with Crippen molar-refractivity contribution in [2.24, 2.45) is 0 Å². The Kier molecular flexibility index (Phi) is 6.57. The number of carbonyl (C=O) groups excluding carboxylic acids is 1. The molecule has 2 N–H and O–H groups in total. The molecule has 1 amide bonds. The highest BCUT2D eigenvalue weighted by Gasteiger charge is 2.08. The number of aromatic nitrogens is 2. The lowest BCUT2D eigenvalue weighted by Gasteiger charge is -2.07. The molecule has 2 aromatic carbocycles. The highest BCUT2D eigenvalue weighted by atomic mass is 16.5. The molecular formula is C22H24N4O2. The van der Waals surface area contributed by atoms with Crippen molar-refractivity contribution in [2.75, 3.05) is 19.0 Å². The number of benzene rings is 2. The van der Waals surface area contributed by atoms with Gasteiger partial charge in [0.25, 0.3) is 5.91 Å². The fraction of sp³-hybridized carbons (Fsp3) is 0.227. The first kappa shape index (κ1) is 19.4. The summed E-state index contributed by atoms with van der Waals surface area (Å²) in [6, 6.07) is 19.3. The molecule has 0 aliphatic rings. The molecule has 3 aromatic rings. The standard InChI is InChI=1S/C22H24N4O2/c1-3-16-4-8-18(9-5-16)24-21-13-12-20(25-26-21)22(27)23-15-14-17-6-10-19(28-2)11-7-17/h4-13H,3,14-15H2,1-2H3,(H,23,27)(H,24,26). The Balaban J connectivity index is 1.49. The van der Waals surface area contributed by atoms with Crippen molar-refractivity contribution >= 4 is 17.4 Å². The zero-order valence-electron chi connectivity index (χ0n) is 16.1. The van der Waals surface area contributed by atoms with E-state index in [-0.39, 0.29) is 5.91 Å². The molecule has 1 aromatic heterocycles. The number of ether oxygens (including phenoxy) is 1. The molecule has 0 aliphatic heterocycles. The number of hydrogen-bond donors (Lipinski definition) is 2. The third-order valence-electron chi connectivity index (χ3n) is 4.39. The molecule has 6 nitrogen and oxygen atoms in total. The lowest BCUT2D eigenvalue weighted by Crippen LogP contribution is -2.26. The van der Waals surface area contributed by atoms with E-state index in [2.05, 4.69) is 39.9 Å². The predicted molar refractivity (Wildman–Crippen MR) is 110 cm³/mol. The number of aryl methyl sites for hydroxylation is 1. The molecule has 0 atom stereocenters. The van der Waals surface area contributed by atoms with Crippen LogP contribution in [0.1, 0.15) is 28.5 Å². The summed E-state index contributed by atoms with van der Waals surface area (Å²) in [5.41, 5.74) is 3.63. The van der Waals surface area contributed by atoms with Crippen molar-refractivity contribution in [3.8, 4) is 5.75 Å². The summed E-state index contributed by atoms with van der Waals surface area (Å²) in [4.78, 5) is 12.2. The Labute approximate surface area is 165 Å². The first-order chi connectivity index (χ1) is 13.7. The molecule has 0 bridgehead atoms. The van der Waals surface area contributed by atoms with Crippen molar-refractivity contribution in [1.82, 2.24) is 15.5 Å².